The molecule has 2 nitrogen and oxygen atoms in total. The van der Waals surface area contributed by atoms with Gasteiger partial charge in [-0.2, -0.15) is 0 Å². The molecule has 3 rings (SSSR count). The first-order valence-corrected chi connectivity index (χ1v) is 8.66. The second-order valence-electron chi connectivity index (χ2n) is 6.38. The Morgan fingerprint density at radius 3 is 2.75 bits per heavy atom. The summed E-state index contributed by atoms with van der Waals surface area (Å²) in [6.45, 7) is 4.57. The van der Waals surface area contributed by atoms with Crippen LogP contribution in [0.5, 0.6) is 0 Å². The SMILES string of the molecule is CNCC1CCCN(C2CC2)C1c1ccc(C)c(Br)c1. The molecule has 1 N–H and O–H groups in total. The van der Waals surface area contributed by atoms with Gasteiger partial charge in [-0.15, -0.1) is 0 Å². The molecule has 1 aromatic rings. The first-order valence-electron chi connectivity index (χ1n) is 7.87. The fraction of sp³-hybridized carbons (Fsp3) is 0.647. The van der Waals surface area contributed by atoms with Gasteiger partial charge in [0.25, 0.3) is 0 Å². The maximum atomic E-state index is 3.71. The van der Waals surface area contributed by atoms with E-state index in [4.69, 9.17) is 0 Å². The number of rotatable bonds is 4. The Morgan fingerprint density at radius 2 is 2.10 bits per heavy atom. The molecule has 3 heteroatoms. The molecule has 1 aliphatic heterocycles. The van der Waals surface area contributed by atoms with Crippen LogP contribution in [-0.2, 0) is 0 Å². The average Bonchev–Trinajstić information content (AvgIpc) is 3.27. The third-order valence-corrected chi connectivity index (χ3v) is 5.67. The Balaban J connectivity index is 1.91. The van der Waals surface area contributed by atoms with E-state index < -0.39 is 0 Å². The summed E-state index contributed by atoms with van der Waals surface area (Å²) >= 11 is 3.71. The lowest BCUT2D eigenvalue weighted by Crippen LogP contribution is -2.43. The molecule has 0 radical (unpaired) electrons. The fourth-order valence-electron chi connectivity index (χ4n) is 3.65. The minimum Gasteiger partial charge on any atom is -0.319 e. The summed E-state index contributed by atoms with van der Waals surface area (Å²) in [5.74, 6) is 0.740. The van der Waals surface area contributed by atoms with Gasteiger partial charge < -0.3 is 5.32 Å². The lowest BCUT2D eigenvalue weighted by Gasteiger charge is -2.42. The van der Waals surface area contributed by atoms with Crippen LogP contribution in [0.25, 0.3) is 0 Å². The molecule has 1 heterocycles. The number of nitrogens with one attached hydrogen (secondary N) is 1. The molecule has 1 aliphatic carbocycles. The summed E-state index contributed by atoms with van der Waals surface area (Å²) in [4.78, 5) is 2.78. The molecule has 1 aromatic carbocycles. The highest BCUT2D eigenvalue weighted by Crippen LogP contribution is 2.43. The van der Waals surface area contributed by atoms with E-state index in [2.05, 4.69) is 58.3 Å². The second-order valence-corrected chi connectivity index (χ2v) is 7.24. The Hall–Kier alpha value is -0.380. The first kappa shape index (κ1) is 14.6. The van der Waals surface area contributed by atoms with Crippen molar-refractivity contribution in [2.45, 2.75) is 44.7 Å². The van der Waals surface area contributed by atoms with Crippen molar-refractivity contribution in [3.63, 3.8) is 0 Å². The van der Waals surface area contributed by atoms with Crippen LogP contribution < -0.4 is 5.32 Å². The van der Waals surface area contributed by atoms with Crippen molar-refractivity contribution in [3.05, 3.63) is 33.8 Å². The van der Waals surface area contributed by atoms with Crippen LogP contribution in [0.3, 0.4) is 0 Å². The number of likely N-dealkylation sites (tertiary alicyclic amines) is 1. The third-order valence-electron chi connectivity index (χ3n) is 4.81. The van der Waals surface area contributed by atoms with Crippen molar-refractivity contribution in [1.82, 2.24) is 10.2 Å². The third kappa shape index (κ3) is 2.95. The van der Waals surface area contributed by atoms with Crippen LogP contribution in [0.15, 0.2) is 22.7 Å². The molecule has 1 saturated heterocycles. The van der Waals surface area contributed by atoms with Crippen molar-refractivity contribution in [2.24, 2.45) is 5.92 Å². The zero-order valence-corrected chi connectivity index (χ0v) is 14.1. The maximum absolute atomic E-state index is 3.71. The van der Waals surface area contributed by atoms with Crippen LogP contribution >= 0.6 is 15.9 Å². The predicted octanol–water partition coefficient (Wildman–Crippen LogP) is 3.89. The van der Waals surface area contributed by atoms with Gasteiger partial charge in [0.1, 0.15) is 0 Å². The van der Waals surface area contributed by atoms with Crippen molar-refractivity contribution in [1.29, 1.82) is 0 Å². The van der Waals surface area contributed by atoms with Crippen LogP contribution in [-0.4, -0.2) is 31.1 Å². The predicted molar refractivity (Wildman–Crippen MR) is 88.0 cm³/mol. The van der Waals surface area contributed by atoms with E-state index in [9.17, 15) is 0 Å². The van der Waals surface area contributed by atoms with E-state index in [-0.39, 0.29) is 0 Å². The summed E-state index contributed by atoms with van der Waals surface area (Å²) in [5.41, 5.74) is 2.82. The Morgan fingerprint density at radius 1 is 1.30 bits per heavy atom. The highest BCUT2D eigenvalue weighted by Gasteiger charge is 2.40. The van der Waals surface area contributed by atoms with Crippen molar-refractivity contribution in [2.75, 3.05) is 20.1 Å². The summed E-state index contributed by atoms with van der Waals surface area (Å²) < 4.78 is 1.25. The van der Waals surface area contributed by atoms with Gasteiger partial charge in [0.15, 0.2) is 0 Å². The Bertz CT molecular complexity index is 468. The molecule has 2 aliphatic rings. The van der Waals surface area contributed by atoms with E-state index in [1.165, 1.54) is 47.8 Å². The monoisotopic (exact) mass is 336 g/mol. The number of benzene rings is 1. The number of hydrogen-bond acceptors (Lipinski definition) is 2. The second kappa shape index (κ2) is 6.17. The molecule has 2 unspecified atom stereocenters. The largest absolute Gasteiger partial charge is 0.319 e. The zero-order valence-electron chi connectivity index (χ0n) is 12.5. The molecule has 0 spiro atoms. The smallest absolute Gasteiger partial charge is 0.0391 e. The minimum absolute atomic E-state index is 0.598. The minimum atomic E-state index is 0.598. The number of piperidine rings is 1. The molecular weight excluding hydrogens is 312 g/mol. The van der Waals surface area contributed by atoms with Crippen molar-refractivity contribution in [3.8, 4) is 0 Å². The van der Waals surface area contributed by atoms with Crippen molar-refractivity contribution < 1.29 is 0 Å². The standard InChI is InChI=1S/C17H25BrN2/c1-12-5-6-13(10-16(12)18)17-14(11-19-2)4-3-9-20(17)15-7-8-15/h5-6,10,14-15,17,19H,3-4,7-9,11H2,1-2H3. The van der Waals surface area contributed by atoms with Gasteiger partial charge in [-0.1, -0.05) is 28.1 Å². The molecule has 110 valence electrons. The molecular formula is C17H25BrN2. The molecule has 0 bridgehead atoms. The normalized spacial score (nSPS) is 27.8. The molecule has 1 saturated carbocycles. The fourth-order valence-corrected chi connectivity index (χ4v) is 4.05. The van der Waals surface area contributed by atoms with Gasteiger partial charge >= 0.3 is 0 Å². The molecule has 2 atom stereocenters. The average molecular weight is 337 g/mol. The van der Waals surface area contributed by atoms with Crippen LogP contribution in [0.2, 0.25) is 0 Å². The lowest BCUT2D eigenvalue weighted by atomic mass is 9.84. The quantitative estimate of drug-likeness (QED) is 0.897. The number of halogens is 1. The van der Waals surface area contributed by atoms with Gasteiger partial charge in [-0.25, -0.2) is 0 Å². The molecule has 20 heavy (non-hydrogen) atoms. The van der Waals surface area contributed by atoms with E-state index in [0.29, 0.717) is 6.04 Å². The summed E-state index contributed by atoms with van der Waals surface area (Å²) in [6.07, 6.45) is 5.50. The van der Waals surface area contributed by atoms with Gasteiger partial charge in [0, 0.05) is 16.6 Å². The summed E-state index contributed by atoms with van der Waals surface area (Å²) in [5, 5.41) is 3.40. The summed E-state index contributed by atoms with van der Waals surface area (Å²) in [6, 6.07) is 8.40. The topological polar surface area (TPSA) is 15.3 Å². The van der Waals surface area contributed by atoms with Gasteiger partial charge in [0.2, 0.25) is 0 Å². The van der Waals surface area contributed by atoms with Crippen LogP contribution in [0.1, 0.15) is 42.9 Å². The number of hydrogen-bond donors (Lipinski definition) is 1. The molecule has 0 amide bonds. The number of nitrogens with zero attached hydrogens (tertiary/aromatic N) is 1. The van der Waals surface area contributed by atoms with Crippen LogP contribution in [0.4, 0.5) is 0 Å². The van der Waals surface area contributed by atoms with E-state index >= 15 is 0 Å². The van der Waals surface area contributed by atoms with E-state index in [0.717, 1.165) is 18.5 Å². The Labute approximate surface area is 131 Å². The zero-order chi connectivity index (χ0) is 14.1. The van der Waals surface area contributed by atoms with Crippen molar-refractivity contribution >= 4 is 15.9 Å². The molecule has 0 aromatic heterocycles. The van der Waals surface area contributed by atoms with Gasteiger partial charge in [-0.3, -0.25) is 4.90 Å². The molecule has 2 fully saturated rings. The highest BCUT2D eigenvalue weighted by atomic mass is 79.9. The number of aryl methyl sites for hydroxylation is 1. The van der Waals surface area contributed by atoms with Gasteiger partial charge in [-0.05, 0) is 75.9 Å². The van der Waals surface area contributed by atoms with E-state index in [1.807, 2.05) is 0 Å². The van der Waals surface area contributed by atoms with Crippen LogP contribution in [0, 0.1) is 12.8 Å². The highest BCUT2D eigenvalue weighted by molar-refractivity contribution is 9.10. The maximum Gasteiger partial charge on any atom is 0.0391 e. The Kier molecular flexibility index (Phi) is 4.49. The lowest BCUT2D eigenvalue weighted by molar-refractivity contribution is 0.0845. The summed E-state index contributed by atoms with van der Waals surface area (Å²) in [7, 11) is 2.08. The van der Waals surface area contributed by atoms with E-state index in [1.54, 1.807) is 0 Å². The van der Waals surface area contributed by atoms with Gasteiger partial charge in [0.05, 0.1) is 0 Å². The first-order chi connectivity index (χ1) is 9.70.